The van der Waals surface area contributed by atoms with E-state index in [2.05, 4.69) is 43.3 Å². The predicted octanol–water partition coefficient (Wildman–Crippen LogP) is 3.61. The standard InChI is InChI=1S/C15H17NOS/c1-11-9-14(7-8-15(11)17-2)18-13-5-3-12(10-16)4-6-13/h3-9H,10,16H2,1-2H3. The lowest BCUT2D eigenvalue weighted by Gasteiger charge is -2.07. The lowest BCUT2D eigenvalue weighted by molar-refractivity contribution is 0.411. The van der Waals surface area contributed by atoms with Crippen LogP contribution in [0.25, 0.3) is 0 Å². The van der Waals surface area contributed by atoms with Gasteiger partial charge in [0.15, 0.2) is 0 Å². The molecule has 0 radical (unpaired) electrons. The molecule has 2 N–H and O–H groups in total. The van der Waals surface area contributed by atoms with E-state index in [1.54, 1.807) is 18.9 Å². The monoisotopic (exact) mass is 259 g/mol. The highest BCUT2D eigenvalue weighted by atomic mass is 32.2. The molecule has 2 nitrogen and oxygen atoms in total. The highest BCUT2D eigenvalue weighted by Crippen LogP contribution is 2.31. The Morgan fingerprint density at radius 2 is 1.72 bits per heavy atom. The van der Waals surface area contributed by atoms with Gasteiger partial charge >= 0.3 is 0 Å². The molecule has 0 saturated heterocycles. The molecule has 2 aromatic carbocycles. The lowest BCUT2D eigenvalue weighted by atomic mass is 10.2. The minimum atomic E-state index is 0.590. The number of benzene rings is 2. The molecule has 0 heterocycles. The number of rotatable bonds is 4. The van der Waals surface area contributed by atoms with Crippen molar-refractivity contribution in [3.05, 3.63) is 53.6 Å². The largest absolute Gasteiger partial charge is 0.496 e. The van der Waals surface area contributed by atoms with Crippen LogP contribution in [0.3, 0.4) is 0 Å². The van der Waals surface area contributed by atoms with Gasteiger partial charge in [0.25, 0.3) is 0 Å². The predicted molar refractivity (Wildman–Crippen MR) is 76.2 cm³/mol. The van der Waals surface area contributed by atoms with E-state index >= 15 is 0 Å². The zero-order valence-electron chi connectivity index (χ0n) is 10.6. The Kier molecular flexibility index (Phi) is 4.28. The second kappa shape index (κ2) is 5.94. The third-order valence-corrected chi connectivity index (χ3v) is 3.76. The maximum Gasteiger partial charge on any atom is 0.121 e. The molecule has 0 fully saturated rings. The molecule has 0 saturated carbocycles. The summed E-state index contributed by atoms with van der Waals surface area (Å²) in [5.74, 6) is 0.929. The molecule has 0 bridgehead atoms. The fourth-order valence-electron chi connectivity index (χ4n) is 1.74. The van der Waals surface area contributed by atoms with Crippen LogP contribution in [-0.4, -0.2) is 7.11 Å². The molecule has 0 aliphatic carbocycles. The molecular formula is C15H17NOS. The van der Waals surface area contributed by atoms with Crippen molar-refractivity contribution < 1.29 is 4.74 Å². The molecule has 0 unspecified atom stereocenters. The van der Waals surface area contributed by atoms with Gasteiger partial charge in [-0.1, -0.05) is 23.9 Å². The van der Waals surface area contributed by atoms with Crippen LogP contribution in [-0.2, 0) is 6.54 Å². The van der Waals surface area contributed by atoms with Crippen LogP contribution in [0.4, 0.5) is 0 Å². The molecule has 0 amide bonds. The van der Waals surface area contributed by atoms with Crippen molar-refractivity contribution in [3.63, 3.8) is 0 Å². The van der Waals surface area contributed by atoms with E-state index in [0.29, 0.717) is 6.54 Å². The third kappa shape index (κ3) is 3.06. The molecular weight excluding hydrogens is 242 g/mol. The molecule has 0 aliphatic heterocycles. The van der Waals surface area contributed by atoms with Crippen molar-refractivity contribution in [1.29, 1.82) is 0 Å². The van der Waals surface area contributed by atoms with Crippen LogP contribution >= 0.6 is 11.8 Å². The molecule has 94 valence electrons. The first-order chi connectivity index (χ1) is 8.72. The smallest absolute Gasteiger partial charge is 0.121 e. The van der Waals surface area contributed by atoms with Gasteiger partial charge in [-0.05, 0) is 48.4 Å². The van der Waals surface area contributed by atoms with E-state index in [4.69, 9.17) is 10.5 Å². The third-order valence-electron chi connectivity index (χ3n) is 2.76. The molecule has 18 heavy (non-hydrogen) atoms. The van der Waals surface area contributed by atoms with Crippen molar-refractivity contribution in [2.75, 3.05) is 7.11 Å². The Bertz CT molecular complexity index is 523. The van der Waals surface area contributed by atoms with Crippen LogP contribution < -0.4 is 10.5 Å². The average molecular weight is 259 g/mol. The Morgan fingerprint density at radius 3 is 2.28 bits per heavy atom. The fraction of sp³-hybridized carbons (Fsp3) is 0.200. The van der Waals surface area contributed by atoms with E-state index < -0.39 is 0 Å². The summed E-state index contributed by atoms with van der Waals surface area (Å²) in [6.07, 6.45) is 0. The summed E-state index contributed by atoms with van der Waals surface area (Å²) in [5, 5.41) is 0. The van der Waals surface area contributed by atoms with Gasteiger partial charge in [-0.15, -0.1) is 0 Å². The van der Waals surface area contributed by atoms with Gasteiger partial charge in [0.2, 0.25) is 0 Å². The average Bonchev–Trinajstić information content (AvgIpc) is 2.40. The molecule has 2 rings (SSSR count). The minimum Gasteiger partial charge on any atom is -0.496 e. The van der Waals surface area contributed by atoms with Crippen LogP contribution in [0.2, 0.25) is 0 Å². The van der Waals surface area contributed by atoms with Crippen molar-refractivity contribution in [2.24, 2.45) is 5.73 Å². The van der Waals surface area contributed by atoms with Crippen molar-refractivity contribution in [2.45, 2.75) is 23.3 Å². The highest BCUT2D eigenvalue weighted by Gasteiger charge is 2.02. The molecule has 2 aromatic rings. The Labute approximate surface area is 112 Å². The Morgan fingerprint density at radius 1 is 1.06 bits per heavy atom. The zero-order chi connectivity index (χ0) is 13.0. The maximum absolute atomic E-state index is 5.58. The molecule has 0 spiro atoms. The van der Waals surface area contributed by atoms with Gasteiger partial charge in [0.1, 0.15) is 5.75 Å². The number of methoxy groups -OCH3 is 1. The van der Waals surface area contributed by atoms with Gasteiger partial charge in [-0.3, -0.25) is 0 Å². The van der Waals surface area contributed by atoms with Gasteiger partial charge in [-0.25, -0.2) is 0 Å². The van der Waals surface area contributed by atoms with E-state index in [0.717, 1.165) is 16.9 Å². The molecule has 0 atom stereocenters. The molecule has 3 heteroatoms. The highest BCUT2D eigenvalue weighted by molar-refractivity contribution is 7.99. The van der Waals surface area contributed by atoms with Crippen LogP contribution in [0.5, 0.6) is 5.75 Å². The Hall–Kier alpha value is -1.45. The van der Waals surface area contributed by atoms with Crippen molar-refractivity contribution in [3.8, 4) is 5.75 Å². The summed E-state index contributed by atoms with van der Waals surface area (Å²) in [7, 11) is 1.70. The zero-order valence-corrected chi connectivity index (χ0v) is 11.5. The van der Waals surface area contributed by atoms with E-state index in [1.165, 1.54) is 9.79 Å². The van der Waals surface area contributed by atoms with Gasteiger partial charge in [-0.2, -0.15) is 0 Å². The van der Waals surface area contributed by atoms with Crippen LogP contribution in [0, 0.1) is 6.92 Å². The van der Waals surface area contributed by atoms with Crippen LogP contribution in [0.15, 0.2) is 52.3 Å². The van der Waals surface area contributed by atoms with Crippen molar-refractivity contribution in [1.82, 2.24) is 0 Å². The quantitative estimate of drug-likeness (QED) is 0.911. The topological polar surface area (TPSA) is 35.2 Å². The Balaban J connectivity index is 2.15. The SMILES string of the molecule is COc1ccc(Sc2ccc(CN)cc2)cc1C. The number of hydrogen-bond donors (Lipinski definition) is 1. The maximum atomic E-state index is 5.58. The lowest BCUT2D eigenvalue weighted by Crippen LogP contribution is -1.94. The summed E-state index contributed by atoms with van der Waals surface area (Å²) in [6.45, 7) is 2.65. The normalized spacial score (nSPS) is 10.4. The second-order valence-corrected chi connectivity index (χ2v) is 5.23. The van der Waals surface area contributed by atoms with Gasteiger partial charge in [0, 0.05) is 16.3 Å². The minimum absolute atomic E-state index is 0.590. The summed E-state index contributed by atoms with van der Waals surface area (Å²) < 4.78 is 5.26. The van der Waals surface area contributed by atoms with E-state index in [-0.39, 0.29) is 0 Å². The van der Waals surface area contributed by atoms with Gasteiger partial charge in [0.05, 0.1) is 7.11 Å². The molecule has 0 aliphatic rings. The summed E-state index contributed by atoms with van der Waals surface area (Å²) >= 11 is 1.74. The fourth-order valence-corrected chi connectivity index (χ4v) is 2.66. The summed E-state index contributed by atoms with van der Waals surface area (Å²) in [5.41, 5.74) is 7.90. The summed E-state index contributed by atoms with van der Waals surface area (Å²) in [4.78, 5) is 2.44. The number of ether oxygens (including phenoxy) is 1. The summed E-state index contributed by atoms with van der Waals surface area (Å²) in [6, 6.07) is 14.6. The second-order valence-electron chi connectivity index (χ2n) is 4.08. The number of nitrogens with two attached hydrogens (primary N) is 1. The van der Waals surface area contributed by atoms with Crippen molar-refractivity contribution >= 4 is 11.8 Å². The first kappa shape index (κ1) is 13.0. The first-order valence-electron chi connectivity index (χ1n) is 5.84. The number of aryl methyl sites for hydroxylation is 1. The van der Waals surface area contributed by atoms with Gasteiger partial charge < -0.3 is 10.5 Å². The number of hydrogen-bond acceptors (Lipinski definition) is 3. The van der Waals surface area contributed by atoms with Crippen LogP contribution in [0.1, 0.15) is 11.1 Å². The first-order valence-corrected chi connectivity index (χ1v) is 6.66. The van der Waals surface area contributed by atoms with E-state index in [1.807, 2.05) is 6.07 Å². The van der Waals surface area contributed by atoms with E-state index in [9.17, 15) is 0 Å². The molecule has 0 aromatic heterocycles.